The Labute approximate surface area is 154 Å². The van der Waals surface area contributed by atoms with Gasteiger partial charge in [-0.15, -0.1) is 0 Å². The number of hydrogen-bond acceptors (Lipinski definition) is 6. The predicted molar refractivity (Wildman–Crippen MR) is 93.4 cm³/mol. The Bertz CT molecular complexity index is 1030. The summed E-state index contributed by atoms with van der Waals surface area (Å²) < 4.78 is 46.8. The van der Waals surface area contributed by atoms with Gasteiger partial charge < -0.3 is 10.1 Å². The molecule has 0 aliphatic carbocycles. The fourth-order valence-electron chi connectivity index (χ4n) is 2.52. The van der Waals surface area contributed by atoms with E-state index in [0.29, 0.717) is 0 Å². The Balaban J connectivity index is 1.87. The SMILES string of the molecule is Cn1nc(C(=O)Nc2ccc(F)c(S(=O)(=O)N3CCOCC3)c2)ccc1=O. The topological polar surface area (TPSA) is 111 Å². The molecule has 1 fully saturated rings. The first kappa shape index (κ1) is 19.1. The zero-order valence-corrected chi connectivity index (χ0v) is 15.2. The molecule has 1 N–H and O–H groups in total. The molecular weight excluding hydrogens is 379 g/mol. The van der Waals surface area contributed by atoms with Gasteiger partial charge in [-0.3, -0.25) is 9.59 Å². The van der Waals surface area contributed by atoms with E-state index in [1.54, 1.807) is 0 Å². The number of rotatable bonds is 4. The number of ether oxygens (including phenoxy) is 1. The van der Waals surface area contributed by atoms with Gasteiger partial charge in [0.2, 0.25) is 10.0 Å². The summed E-state index contributed by atoms with van der Waals surface area (Å²) in [6, 6.07) is 5.69. The fraction of sp³-hybridized carbons (Fsp3) is 0.312. The molecule has 0 radical (unpaired) electrons. The zero-order chi connectivity index (χ0) is 19.6. The van der Waals surface area contributed by atoms with E-state index in [2.05, 4.69) is 10.4 Å². The Morgan fingerprint density at radius 1 is 1.22 bits per heavy atom. The van der Waals surface area contributed by atoms with Crippen LogP contribution in [0.3, 0.4) is 0 Å². The minimum Gasteiger partial charge on any atom is -0.379 e. The highest BCUT2D eigenvalue weighted by Gasteiger charge is 2.29. The summed E-state index contributed by atoms with van der Waals surface area (Å²) in [4.78, 5) is 23.1. The van der Waals surface area contributed by atoms with Crippen molar-refractivity contribution in [3.8, 4) is 0 Å². The number of hydrogen-bond donors (Lipinski definition) is 1. The normalized spacial score (nSPS) is 15.5. The van der Waals surface area contributed by atoms with Gasteiger partial charge in [0.15, 0.2) is 0 Å². The van der Waals surface area contributed by atoms with Crippen LogP contribution in [0, 0.1) is 5.82 Å². The Morgan fingerprint density at radius 2 is 1.93 bits per heavy atom. The summed E-state index contributed by atoms with van der Waals surface area (Å²) in [5.74, 6) is -1.58. The first-order valence-corrected chi connectivity index (χ1v) is 9.46. The van der Waals surface area contributed by atoms with Crippen molar-refractivity contribution < 1.29 is 22.3 Å². The van der Waals surface area contributed by atoms with Crippen LogP contribution in [0.25, 0.3) is 0 Å². The summed E-state index contributed by atoms with van der Waals surface area (Å²) in [7, 11) is -2.67. The molecule has 9 nitrogen and oxygen atoms in total. The highest BCUT2D eigenvalue weighted by molar-refractivity contribution is 7.89. The van der Waals surface area contributed by atoms with E-state index >= 15 is 0 Å². The maximum absolute atomic E-state index is 14.2. The summed E-state index contributed by atoms with van der Waals surface area (Å²) in [5, 5.41) is 6.27. The number of aryl methyl sites for hydroxylation is 1. The molecule has 1 aromatic carbocycles. The van der Waals surface area contributed by atoms with Crippen LogP contribution in [-0.2, 0) is 21.8 Å². The average molecular weight is 396 g/mol. The van der Waals surface area contributed by atoms with Crippen LogP contribution in [0.2, 0.25) is 0 Å². The minimum absolute atomic E-state index is 0.0426. The number of nitrogens with zero attached hydrogens (tertiary/aromatic N) is 3. The van der Waals surface area contributed by atoms with Crippen molar-refractivity contribution in [2.75, 3.05) is 31.6 Å². The molecule has 2 heterocycles. The molecule has 27 heavy (non-hydrogen) atoms. The smallest absolute Gasteiger partial charge is 0.276 e. The number of carbonyl (C=O) groups is 1. The molecule has 11 heteroatoms. The lowest BCUT2D eigenvalue weighted by Crippen LogP contribution is -2.40. The quantitative estimate of drug-likeness (QED) is 0.790. The molecule has 3 rings (SSSR count). The van der Waals surface area contributed by atoms with Crippen molar-refractivity contribution in [1.29, 1.82) is 0 Å². The molecule has 0 atom stereocenters. The predicted octanol–water partition coefficient (Wildman–Crippen LogP) is 0.193. The Morgan fingerprint density at radius 3 is 2.59 bits per heavy atom. The fourth-order valence-corrected chi connectivity index (χ4v) is 4.02. The third kappa shape index (κ3) is 4.04. The largest absolute Gasteiger partial charge is 0.379 e. The molecule has 1 aromatic heterocycles. The maximum atomic E-state index is 14.2. The number of amides is 1. The van der Waals surface area contributed by atoms with Crippen LogP contribution in [0.5, 0.6) is 0 Å². The third-order valence-corrected chi connectivity index (χ3v) is 5.88. The van der Waals surface area contributed by atoms with Crippen molar-refractivity contribution in [2.24, 2.45) is 7.05 Å². The summed E-state index contributed by atoms with van der Waals surface area (Å²) >= 11 is 0. The molecular formula is C16H17FN4O5S. The molecule has 0 saturated carbocycles. The van der Waals surface area contributed by atoms with E-state index in [1.165, 1.54) is 25.2 Å². The van der Waals surface area contributed by atoms with Gasteiger partial charge in [0.1, 0.15) is 16.4 Å². The minimum atomic E-state index is -4.06. The van der Waals surface area contributed by atoms with E-state index in [9.17, 15) is 22.4 Å². The molecule has 1 saturated heterocycles. The molecule has 1 aliphatic heterocycles. The lowest BCUT2D eigenvalue weighted by molar-refractivity contribution is 0.0729. The van der Waals surface area contributed by atoms with Crippen LogP contribution >= 0.6 is 0 Å². The van der Waals surface area contributed by atoms with Gasteiger partial charge in [-0.1, -0.05) is 0 Å². The van der Waals surface area contributed by atoms with Crippen LogP contribution in [0.4, 0.5) is 10.1 Å². The molecule has 2 aromatic rings. The lowest BCUT2D eigenvalue weighted by Gasteiger charge is -2.26. The standard InChI is InChI=1S/C16H17FN4O5S/c1-20-15(22)5-4-13(19-20)16(23)18-11-2-3-12(17)14(10-11)27(24,25)21-6-8-26-9-7-21/h2-5,10H,6-9H2,1H3,(H,18,23). The van der Waals surface area contributed by atoms with E-state index < -0.39 is 26.6 Å². The average Bonchev–Trinajstić information content (AvgIpc) is 2.66. The first-order chi connectivity index (χ1) is 12.8. The van der Waals surface area contributed by atoms with Gasteiger partial charge in [-0.05, 0) is 24.3 Å². The number of anilines is 1. The zero-order valence-electron chi connectivity index (χ0n) is 14.4. The number of morpholine rings is 1. The Hall–Kier alpha value is -2.63. The van der Waals surface area contributed by atoms with E-state index in [0.717, 1.165) is 21.1 Å². The first-order valence-electron chi connectivity index (χ1n) is 8.02. The number of halogens is 1. The van der Waals surface area contributed by atoms with Gasteiger partial charge in [0.05, 0.1) is 13.2 Å². The highest BCUT2D eigenvalue weighted by Crippen LogP contribution is 2.24. The van der Waals surface area contributed by atoms with Gasteiger partial charge in [-0.25, -0.2) is 17.5 Å². The number of sulfonamides is 1. The number of carbonyl (C=O) groups excluding carboxylic acids is 1. The van der Waals surface area contributed by atoms with E-state index in [4.69, 9.17) is 4.74 Å². The van der Waals surface area contributed by atoms with E-state index in [-0.39, 0.29) is 43.2 Å². The third-order valence-electron chi connectivity index (χ3n) is 3.97. The van der Waals surface area contributed by atoms with E-state index in [1.807, 2.05) is 0 Å². The van der Waals surface area contributed by atoms with Crippen molar-refractivity contribution in [3.05, 3.63) is 52.2 Å². The summed E-state index contributed by atoms with van der Waals surface area (Å²) in [6.07, 6.45) is 0. The van der Waals surface area contributed by atoms with Crippen LogP contribution < -0.4 is 10.9 Å². The number of benzene rings is 1. The van der Waals surface area contributed by atoms with Crippen LogP contribution in [0.1, 0.15) is 10.5 Å². The van der Waals surface area contributed by atoms with Crippen molar-refractivity contribution >= 4 is 21.6 Å². The second-order valence-corrected chi connectivity index (χ2v) is 7.70. The molecule has 0 spiro atoms. The van der Waals surface area contributed by atoms with Crippen molar-refractivity contribution in [2.45, 2.75) is 4.90 Å². The van der Waals surface area contributed by atoms with Gasteiger partial charge >= 0.3 is 0 Å². The van der Waals surface area contributed by atoms with Gasteiger partial charge in [0.25, 0.3) is 11.5 Å². The van der Waals surface area contributed by atoms with Gasteiger partial charge in [0, 0.05) is 31.9 Å². The number of nitrogens with one attached hydrogen (secondary N) is 1. The van der Waals surface area contributed by atoms with Gasteiger partial charge in [-0.2, -0.15) is 9.40 Å². The molecule has 1 aliphatic rings. The van der Waals surface area contributed by atoms with Crippen molar-refractivity contribution in [3.63, 3.8) is 0 Å². The molecule has 0 unspecified atom stereocenters. The summed E-state index contributed by atoms with van der Waals surface area (Å²) in [6.45, 7) is 0.714. The molecule has 0 bridgehead atoms. The second kappa shape index (κ2) is 7.55. The monoisotopic (exact) mass is 396 g/mol. The van der Waals surface area contributed by atoms with Crippen LogP contribution in [0.15, 0.2) is 40.0 Å². The lowest BCUT2D eigenvalue weighted by atomic mass is 10.3. The van der Waals surface area contributed by atoms with Crippen molar-refractivity contribution in [1.82, 2.24) is 14.1 Å². The highest BCUT2D eigenvalue weighted by atomic mass is 32.2. The molecule has 1 amide bonds. The molecule has 144 valence electrons. The second-order valence-electron chi connectivity index (χ2n) is 5.80. The maximum Gasteiger partial charge on any atom is 0.276 e. The van der Waals surface area contributed by atoms with Crippen LogP contribution in [-0.4, -0.2) is 54.7 Å². The summed E-state index contributed by atoms with van der Waals surface area (Å²) in [5.41, 5.74) is -0.338. The Kier molecular flexibility index (Phi) is 5.35. The number of aromatic nitrogens is 2.